The van der Waals surface area contributed by atoms with Gasteiger partial charge in [-0.2, -0.15) is 0 Å². The summed E-state index contributed by atoms with van der Waals surface area (Å²) in [6.45, 7) is 4.10. The van der Waals surface area contributed by atoms with Gasteiger partial charge in [0.05, 0.1) is 12.7 Å². The second-order valence-electron chi connectivity index (χ2n) is 2.84. The minimum atomic E-state index is -0.0979. The van der Waals surface area contributed by atoms with Crippen LogP contribution in [-0.4, -0.2) is 56.1 Å². The van der Waals surface area contributed by atoms with E-state index in [1.807, 2.05) is 0 Å². The molecule has 0 aromatic carbocycles. The molecule has 0 bridgehead atoms. The molecule has 2 N–H and O–H groups in total. The lowest BCUT2D eigenvalue weighted by molar-refractivity contribution is -0.00310. The predicted molar refractivity (Wildman–Crippen MR) is 42.3 cm³/mol. The van der Waals surface area contributed by atoms with Crippen molar-refractivity contribution in [2.24, 2.45) is 0 Å². The minimum Gasteiger partial charge on any atom is -0.390 e. The van der Waals surface area contributed by atoms with Gasteiger partial charge in [-0.25, -0.2) is 0 Å². The summed E-state index contributed by atoms with van der Waals surface area (Å²) in [7, 11) is 1.69. The van der Waals surface area contributed by atoms with Gasteiger partial charge < -0.3 is 15.2 Å². The van der Waals surface area contributed by atoms with E-state index in [0.717, 1.165) is 32.9 Å². The van der Waals surface area contributed by atoms with E-state index in [9.17, 15) is 0 Å². The van der Waals surface area contributed by atoms with Crippen LogP contribution in [0, 0.1) is 0 Å². The van der Waals surface area contributed by atoms with E-state index in [4.69, 9.17) is 9.84 Å². The Morgan fingerprint density at radius 1 is 1.64 bits per heavy atom. The van der Waals surface area contributed by atoms with Crippen LogP contribution >= 0.6 is 0 Å². The molecule has 1 rings (SSSR count). The fourth-order valence-electron chi connectivity index (χ4n) is 1.08. The zero-order valence-electron chi connectivity index (χ0n) is 6.92. The summed E-state index contributed by atoms with van der Waals surface area (Å²) < 4.78 is 4.87. The summed E-state index contributed by atoms with van der Waals surface area (Å²) in [5.41, 5.74) is 0. The zero-order chi connectivity index (χ0) is 8.10. The maximum Gasteiger partial charge on any atom is 0.0794 e. The number of methoxy groups -OCH3 is 1. The summed E-state index contributed by atoms with van der Waals surface area (Å²) in [4.78, 5) is 2.15. The van der Waals surface area contributed by atoms with Gasteiger partial charge >= 0.3 is 0 Å². The van der Waals surface area contributed by atoms with Crippen LogP contribution in [0.5, 0.6) is 0 Å². The largest absolute Gasteiger partial charge is 0.390 e. The summed E-state index contributed by atoms with van der Waals surface area (Å²) >= 11 is 0. The number of rotatable bonds is 5. The lowest BCUT2D eigenvalue weighted by Gasteiger charge is -2.35. The molecule has 0 saturated carbocycles. The Hall–Kier alpha value is -0.160. The van der Waals surface area contributed by atoms with Gasteiger partial charge in [-0.1, -0.05) is 0 Å². The van der Waals surface area contributed by atoms with Crippen molar-refractivity contribution < 1.29 is 9.84 Å². The van der Waals surface area contributed by atoms with Crippen LogP contribution in [0.25, 0.3) is 0 Å². The van der Waals surface area contributed by atoms with Gasteiger partial charge in [-0.15, -0.1) is 0 Å². The highest BCUT2D eigenvalue weighted by Gasteiger charge is 2.22. The average Bonchev–Trinajstić information content (AvgIpc) is 1.94. The van der Waals surface area contributed by atoms with Crippen LogP contribution in [0.2, 0.25) is 0 Å². The smallest absolute Gasteiger partial charge is 0.0794 e. The number of likely N-dealkylation sites (tertiary alicyclic amines) is 1. The summed E-state index contributed by atoms with van der Waals surface area (Å²) in [5, 5.41) is 12.1. The first kappa shape index (κ1) is 8.93. The van der Waals surface area contributed by atoms with Crippen molar-refractivity contribution in [3.05, 3.63) is 0 Å². The number of hydrogen-bond acceptors (Lipinski definition) is 4. The number of aliphatic hydroxyl groups excluding tert-OH is 1. The predicted octanol–water partition coefficient (Wildman–Crippen LogP) is -1.14. The second-order valence-corrected chi connectivity index (χ2v) is 2.84. The second kappa shape index (κ2) is 4.66. The molecule has 4 heteroatoms. The zero-order valence-corrected chi connectivity index (χ0v) is 6.92. The molecule has 1 aliphatic rings. The van der Waals surface area contributed by atoms with E-state index >= 15 is 0 Å². The molecule has 1 fully saturated rings. The van der Waals surface area contributed by atoms with Crippen molar-refractivity contribution in [2.75, 3.05) is 40.0 Å². The van der Waals surface area contributed by atoms with Crippen LogP contribution in [-0.2, 0) is 4.74 Å². The third-order valence-corrected chi connectivity index (χ3v) is 1.76. The van der Waals surface area contributed by atoms with Gasteiger partial charge in [-0.05, 0) is 0 Å². The molecule has 1 aliphatic heterocycles. The van der Waals surface area contributed by atoms with Gasteiger partial charge in [0.1, 0.15) is 0 Å². The summed E-state index contributed by atoms with van der Waals surface area (Å²) in [5.74, 6) is 0. The first-order valence-corrected chi connectivity index (χ1v) is 3.93. The molecule has 0 atom stereocenters. The highest BCUT2D eigenvalue weighted by molar-refractivity contribution is 4.77. The highest BCUT2D eigenvalue weighted by atomic mass is 16.5. The maximum absolute atomic E-state index is 8.93. The molecule has 0 spiro atoms. The highest BCUT2D eigenvalue weighted by Crippen LogP contribution is 2.03. The lowest BCUT2D eigenvalue weighted by Crippen LogP contribution is -2.54. The standard InChI is InChI=1S/C7H16N2O2/c1-11-3-2-8-6-9-4-7(10)5-9/h7-8,10H,2-6H2,1H3. The van der Waals surface area contributed by atoms with Gasteiger partial charge in [0, 0.05) is 33.4 Å². The Bertz CT molecular complexity index is 105. The number of nitrogens with one attached hydrogen (secondary N) is 1. The van der Waals surface area contributed by atoms with E-state index < -0.39 is 0 Å². The van der Waals surface area contributed by atoms with E-state index in [1.165, 1.54) is 0 Å². The number of hydrogen-bond donors (Lipinski definition) is 2. The van der Waals surface area contributed by atoms with Gasteiger partial charge in [0.25, 0.3) is 0 Å². The fourth-order valence-corrected chi connectivity index (χ4v) is 1.08. The van der Waals surface area contributed by atoms with Gasteiger partial charge in [0.2, 0.25) is 0 Å². The van der Waals surface area contributed by atoms with Crippen LogP contribution in [0.1, 0.15) is 0 Å². The Morgan fingerprint density at radius 2 is 2.36 bits per heavy atom. The van der Waals surface area contributed by atoms with Crippen molar-refractivity contribution in [2.45, 2.75) is 6.10 Å². The molecule has 0 radical (unpaired) electrons. The Kier molecular flexibility index (Phi) is 3.79. The number of ether oxygens (including phenoxy) is 1. The number of aliphatic hydroxyl groups is 1. The van der Waals surface area contributed by atoms with E-state index in [0.29, 0.717) is 0 Å². The monoisotopic (exact) mass is 160 g/mol. The third kappa shape index (κ3) is 3.16. The molecular weight excluding hydrogens is 144 g/mol. The fraction of sp³-hybridized carbons (Fsp3) is 1.00. The van der Waals surface area contributed by atoms with E-state index in [1.54, 1.807) is 7.11 Å². The Morgan fingerprint density at radius 3 is 2.91 bits per heavy atom. The first-order valence-electron chi connectivity index (χ1n) is 3.93. The third-order valence-electron chi connectivity index (χ3n) is 1.76. The molecule has 0 unspecified atom stereocenters. The molecule has 4 nitrogen and oxygen atoms in total. The van der Waals surface area contributed by atoms with Crippen LogP contribution < -0.4 is 5.32 Å². The van der Waals surface area contributed by atoms with Crippen molar-refractivity contribution in [1.29, 1.82) is 0 Å². The molecule has 1 saturated heterocycles. The van der Waals surface area contributed by atoms with Gasteiger partial charge in [-0.3, -0.25) is 4.90 Å². The lowest BCUT2D eigenvalue weighted by atomic mass is 10.2. The molecule has 66 valence electrons. The molecule has 0 amide bonds. The molecule has 0 aromatic heterocycles. The van der Waals surface area contributed by atoms with Crippen LogP contribution in [0.3, 0.4) is 0 Å². The number of nitrogens with zero attached hydrogens (tertiary/aromatic N) is 1. The van der Waals surface area contributed by atoms with Crippen molar-refractivity contribution in [1.82, 2.24) is 10.2 Å². The number of β-amino-alcohol motifs (C(OH)–C–C–N with tert-alkyl or cyclic N) is 1. The molecule has 11 heavy (non-hydrogen) atoms. The average molecular weight is 160 g/mol. The Balaban J connectivity index is 1.81. The first-order chi connectivity index (χ1) is 5.33. The summed E-state index contributed by atoms with van der Waals surface area (Å²) in [6.07, 6.45) is -0.0979. The van der Waals surface area contributed by atoms with Crippen molar-refractivity contribution in [3.8, 4) is 0 Å². The molecular formula is C7H16N2O2. The van der Waals surface area contributed by atoms with Crippen LogP contribution in [0.4, 0.5) is 0 Å². The SMILES string of the molecule is COCCNCN1CC(O)C1. The maximum atomic E-state index is 8.93. The van der Waals surface area contributed by atoms with Crippen molar-refractivity contribution in [3.63, 3.8) is 0 Å². The topological polar surface area (TPSA) is 44.7 Å². The van der Waals surface area contributed by atoms with E-state index in [-0.39, 0.29) is 6.10 Å². The normalized spacial score (nSPS) is 20.2. The molecule has 0 aliphatic carbocycles. The quantitative estimate of drug-likeness (QED) is 0.499. The van der Waals surface area contributed by atoms with Crippen LogP contribution in [0.15, 0.2) is 0 Å². The Labute approximate surface area is 67.1 Å². The molecule has 0 aromatic rings. The minimum absolute atomic E-state index is 0.0979. The van der Waals surface area contributed by atoms with Gasteiger partial charge in [0.15, 0.2) is 0 Å². The molecule has 1 heterocycles. The van der Waals surface area contributed by atoms with E-state index in [2.05, 4.69) is 10.2 Å². The summed E-state index contributed by atoms with van der Waals surface area (Å²) in [6, 6.07) is 0. The van der Waals surface area contributed by atoms with Crippen molar-refractivity contribution >= 4 is 0 Å².